The number of carbonyl (C=O) groups is 1. The highest BCUT2D eigenvalue weighted by Crippen LogP contribution is 2.25. The van der Waals surface area contributed by atoms with Crippen molar-refractivity contribution in [2.75, 3.05) is 7.04 Å². The summed E-state index contributed by atoms with van der Waals surface area (Å²) in [6.45, 7) is 0. The van der Waals surface area contributed by atoms with Crippen LogP contribution in [0.4, 0.5) is 0 Å². The first-order chi connectivity index (χ1) is 8.95. The largest absolute Gasteiger partial charge is 0.504 e. The Morgan fingerprint density at radius 3 is 3.00 bits per heavy atom. The molecule has 15 heavy (non-hydrogen) atoms. The van der Waals surface area contributed by atoms with Crippen LogP contribution in [0.25, 0.3) is 0 Å². The molecule has 0 aliphatic heterocycles. The van der Waals surface area contributed by atoms with Gasteiger partial charge in [0.1, 0.15) is 6.04 Å². The summed E-state index contributed by atoms with van der Waals surface area (Å²) in [6, 6.07) is 1.10. The minimum atomic E-state index is -3.03. The van der Waals surface area contributed by atoms with E-state index in [1.54, 1.807) is 0 Å². The third kappa shape index (κ3) is 2.85. The molecule has 82 valence electrons. The molecule has 1 aromatic rings. The zero-order chi connectivity index (χ0) is 15.7. The molecule has 1 unspecified atom stereocenters. The van der Waals surface area contributed by atoms with Crippen LogP contribution in [0.15, 0.2) is 18.2 Å². The monoisotopic (exact) mass is 216 g/mol. The van der Waals surface area contributed by atoms with E-state index in [0.717, 1.165) is 18.2 Å². The van der Waals surface area contributed by atoms with E-state index in [4.69, 9.17) is 17.7 Å². The maximum absolute atomic E-state index is 11.5. The quantitative estimate of drug-likeness (QED) is 0.493. The summed E-state index contributed by atoms with van der Waals surface area (Å²) in [5.74, 6) is -2.51. The Bertz CT molecular complexity index is 517. The number of benzene rings is 1. The molecule has 0 amide bonds. The van der Waals surface area contributed by atoms with Gasteiger partial charge in [-0.25, -0.2) is 0 Å². The number of carbonyl (C=O) groups excluding carboxylic acids is 1. The Balaban J connectivity index is 3.02. The van der Waals surface area contributed by atoms with Gasteiger partial charge in [0, 0.05) is 2.74 Å². The van der Waals surface area contributed by atoms with E-state index >= 15 is 0 Å². The van der Waals surface area contributed by atoms with Gasteiger partial charge in [-0.3, -0.25) is 4.79 Å². The smallest absolute Gasteiger partial charge is 0.322 e. The van der Waals surface area contributed by atoms with E-state index in [1.165, 1.54) is 0 Å². The van der Waals surface area contributed by atoms with Crippen molar-refractivity contribution in [2.45, 2.75) is 12.4 Å². The van der Waals surface area contributed by atoms with E-state index < -0.39 is 36.9 Å². The lowest BCUT2D eigenvalue weighted by Crippen LogP contribution is -2.33. The second-order valence-corrected chi connectivity index (χ2v) is 2.75. The summed E-state index contributed by atoms with van der Waals surface area (Å²) in [5.41, 5.74) is 5.17. The zero-order valence-electron chi connectivity index (χ0n) is 12.6. The van der Waals surface area contributed by atoms with Crippen LogP contribution in [0, 0.1) is 0 Å². The average Bonchev–Trinajstić information content (AvgIpc) is 2.29. The van der Waals surface area contributed by atoms with E-state index in [-0.39, 0.29) is 5.56 Å². The van der Waals surface area contributed by atoms with Gasteiger partial charge in [-0.1, -0.05) is 6.07 Å². The summed E-state index contributed by atoms with van der Waals surface area (Å²) in [4.78, 5) is 11.5. The van der Waals surface area contributed by atoms with Crippen molar-refractivity contribution >= 4 is 5.97 Å². The van der Waals surface area contributed by atoms with E-state index in [2.05, 4.69) is 4.74 Å². The van der Waals surface area contributed by atoms with Gasteiger partial charge in [0.15, 0.2) is 11.5 Å². The van der Waals surface area contributed by atoms with Crippen LogP contribution in [0.3, 0.4) is 0 Å². The Hall–Kier alpha value is -1.75. The highest BCUT2D eigenvalue weighted by atomic mass is 16.5. The van der Waals surface area contributed by atoms with Crippen molar-refractivity contribution in [1.29, 1.82) is 0 Å². The number of esters is 1. The van der Waals surface area contributed by atoms with Crippen molar-refractivity contribution in [3.05, 3.63) is 23.8 Å². The maximum Gasteiger partial charge on any atom is 0.322 e. The summed E-state index contributed by atoms with van der Waals surface area (Å²) >= 11 is 0. The molecule has 1 aromatic carbocycles. The van der Waals surface area contributed by atoms with Crippen molar-refractivity contribution in [1.82, 2.24) is 0 Å². The number of aromatic hydroxyl groups is 2. The van der Waals surface area contributed by atoms with Gasteiger partial charge in [0.2, 0.25) is 0 Å². The molecule has 0 saturated heterocycles. The fraction of sp³-hybridized carbons (Fsp3) is 0.300. The molecule has 0 saturated carbocycles. The topological polar surface area (TPSA) is 92.8 Å². The molecule has 5 heteroatoms. The first-order valence-corrected chi connectivity index (χ1v) is 3.96. The molecule has 0 bridgehead atoms. The highest BCUT2D eigenvalue weighted by molar-refractivity contribution is 5.75. The summed E-state index contributed by atoms with van der Waals surface area (Å²) < 4.78 is 39.8. The van der Waals surface area contributed by atoms with E-state index in [1.807, 2.05) is 0 Å². The van der Waals surface area contributed by atoms with Crippen LogP contribution in [-0.2, 0) is 15.9 Å². The normalized spacial score (nSPS) is 18.9. The van der Waals surface area contributed by atoms with Gasteiger partial charge >= 0.3 is 5.97 Å². The third-order valence-corrected chi connectivity index (χ3v) is 1.65. The molecule has 1 rings (SSSR count). The molecule has 0 radical (unpaired) electrons. The molecule has 0 aliphatic carbocycles. The van der Waals surface area contributed by atoms with Crippen LogP contribution >= 0.6 is 0 Å². The Labute approximate surface area is 94.1 Å². The van der Waals surface area contributed by atoms with Crippen LogP contribution in [0.1, 0.15) is 12.4 Å². The molecular weight excluding hydrogens is 198 g/mol. The van der Waals surface area contributed by atoms with Crippen molar-refractivity contribution in [3.8, 4) is 11.5 Å². The second kappa shape index (κ2) is 4.65. The zero-order valence-corrected chi connectivity index (χ0v) is 7.60. The van der Waals surface area contributed by atoms with Crippen molar-refractivity contribution in [3.63, 3.8) is 0 Å². The highest BCUT2D eigenvalue weighted by Gasteiger charge is 2.14. The standard InChI is InChI=1S/C10H13NO4/c1-15-10(14)7(11)4-6-2-3-8(12)9(13)5-6/h2-3,5,7,12-13H,4,11H2,1H3/i1D3,4D2. The lowest BCUT2D eigenvalue weighted by atomic mass is 10.1. The number of phenols is 2. The van der Waals surface area contributed by atoms with Gasteiger partial charge in [-0.05, 0) is 24.1 Å². The molecule has 0 heterocycles. The summed E-state index contributed by atoms with van der Waals surface area (Å²) in [6.07, 6.45) is -2.49. The second-order valence-electron chi connectivity index (χ2n) is 2.75. The minimum absolute atomic E-state index is 0.206. The van der Waals surface area contributed by atoms with Gasteiger partial charge in [-0.15, -0.1) is 0 Å². The van der Waals surface area contributed by atoms with Crippen LogP contribution in [0.5, 0.6) is 11.5 Å². The third-order valence-electron chi connectivity index (χ3n) is 1.65. The lowest BCUT2D eigenvalue weighted by molar-refractivity contribution is -0.142. The summed E-state index contributed by atoms with van der Waals surface area (Å²) in [5, 5.41) is 18.4. The number of nitrogens with two attached hydrogens (primary N) is 1. The van der Waals surface area contributed by atoms with Crippen molar-refractivity contribution in [2.24, 2.45) is 5.73 Å². The van der Waals surface area contributed by atoms with Gasteiger partial charge < -0.3 is 20.7 Å². The van der Waals surface area contributed by atoms with Gasteiger partial charge in [0.25, 0.3) is 0 Å². The number of rotatable bonds is 3. The maximum atomic E-state index is 11.5. The predicted molar refractivity (Wildman–Crippen MR) is 53.5 cm³/mol. The predicted octanol–water partition coefficient (Wildman–Crippen LogP) is 0.141. The molecule has 1 atom stereocenters. The Morgan fingerprint density at radius 2 is 2.40 bits per heavy atom. The molecule has 0 spiro atoms. The first-order valence-electron chi connectivity index (χ1n) is 6.46. The fourth-order valence-electron chi connectivity index (χ4n) is 0.915. The molecule has 0 aliphatic rings. The Morgan fingerprint density at radius 1 is 1.67 bits per heavy atom. The minimum Gasteiger partial charge on any atom is -0.504 e. The SMILES string of the molecule is [2H]C([2H])([2H])OC(=O)C(N)C([2H])([2H])c1ccc(O)c(O)c1. The van der Waals surface area contributed by atoms with Crippen LogP contribution < -0.4 is 5.73 Å². The number of phenolic OH excluding ortho intramolecular Hbond substituents is 2. The van der Waals surface area contributed by atoms with Crippen LogP contribution in [0.2, 0.25) is 0 Å². The van der Waals surface area contributed by atoms with Gasteiger partial charge in [0.05, 0.1) is 11.2 Å². The number of hydrogen-bond acceptors (Lipinski definition) is 5. The van der Waals surface area contributed by atoms with Crippen molar-refractivity contribution < 1.29 is 26.6 Å². The van der Waals surface area contributed by atoms with Gasteiger partial charge in [-0.2, -0.15) is 0 Å². The number of hydrogen-bond donors (Lipinski definition) is 3. The molecule has 5 nitrogen and oxygen atoms in total. The lowest BCUT2D eigenvalue weighted by Gasteiger charge is -2.09. The molecule has 4 N–H and O–H groups in total. The average molecular weight is 216 g/mol. The fourth-order valence-corrected chi connectivity index (χ4v) is 0.915. The summed E-state index contributed by atoms with van der Waals surface area (Å²) in [7, 11) is -3.03. The first kappa shape index (κ1) is 5.97. The van der Waals surface area contributed by atoms with Crippen LogP contribution in [-0.4, -0.2) is 29.3 Å². The number of ether oxygens (including phenoxy) is 1. The number of methoxy groups -OCH3 is 1. The van der Waals surface area contributed by atoms with E-state index in [9.17, 15) is 9.90 Å². The molecule has 0 fully saturated rings. The van der Waals surface area contributed by atoms with E-state index in [0.29, 0.717) is 0 Å². The molecular formula is C10H13NO4. The Kier molecular flexibility index (Phi) is 1.85. The molecule has 0 aromatic heterocycles.